The van der Waals surface area contributed by atoms with Crippen LogP contribution in [0.25, 0.3) is 0 Å². The highest BCUT2D eigenvalue weighted by atomic mass is 16.5. The van der Waals surface area contributed by atoms with Crippen molar-refractivity contribution >= 4 is 11.6 Å². The average molecular weight is 416 g/mol. The molecule has 3 atom stereocenters. The minimum absolute atomic E-state index is 0.0245. The summed E-state index contributed by atoms with van der Waals surface area (Å²) in [6.45, 7) is -0.805. The number of hydrogen-bond donors (Lipinski definition) is 6. The highest BCUT2D eigenvalue weighted by Crippen LogP contribution is 2.51. The maximum absolute atomic E-state index is 13.2. The Bertz CT molecular complexity index is 1090. The molecule has 2 aliphatic rings. The maximum Gasteiger partial charge on any atom is 0.202 e. The SMILES string of the molecule is COc1cccc2c1C(=O)c1c(O)c3c(c(O)c1C2=O)C[C@@](O)([C@@H](O)CO)CC3O. The fraction of sp³-hybridized carbons (Fsp3) is 0.333. The zero-order chi connectivity index (χ0) is 22.0. The van der Waals surface area contributed by atoms with Crippen LogP contribution in [0.2, 0.25) is 0 Å². The molecule has 2 aromatic carbocycles. The summed E-state index contributed by atoms with van der Waals surface area (Å²) in [6, 6.07) is 4.37. The van der Waals surface area contributed by atoms with Crippen LogP contribution >= 0.6 is 0 Å². The van der Waals surface area contributed by atoms with Crippen molar-refractivity contribution in [1.29, 1.82) is 0 Å². The first kappa shape index (κ1) is 20.3. The van der Waals surface area contributed by atoms with E-state index in [1.54, 1.807) is 0 Å². The lowest BCUT2D eigenvalue weighted by Crippen LogP contribution is -2.50. The van der Waals surface area contributed by atoms with Crippen molar-refractivity contribution in [3.8, 4) is 17.2 Å². The monoisotopic (exact) mass is 416 g/mol. The quantitative estimate of drug-likeness (QED) is 0.321. The molecule has 4 rings (SSSR count). The van der Waals surface area contributed by atoms with Crippen LogP contribution < -0.4 is 4.74 Å². The molecule has 0 aromatic heterocycles. The lowest BCUT2D eigenvalue weighted by Gasteiger charge is -2.40. The number of ketones is 2. The second kappa shape index (κ2) is 6.78. The Morgan fingerprint density at radius 1 is 1.13 bits per heavy atom. The molecule has 0 radical (unpaired) electrons. The standard InChI is InChI=1S/C21H20O9/c1-30-11-4-2-3-8-14(11)20(28)16-15(17(8)25)18(26)9-5-21(29,12(24)7-22)6-10(23)13(9)19(16)27/h2-4,10,12,22-24,26-27,29H,5-7H2,1H3/t10?,12-,21-/m0/s1. The zero-order valence-electron chi connectivity index (χ0n) is 15.9. The Labute approximate surface area is 170 Å². The van der Waals surface area contributed by atoms with Gasteiger partial charge in [0.05, 0.1) is 42.1 Å². The first-order chi connectivity index (χ1) is 14.2. The van der Waals surface area contributed by atoms with Crippen LogP contribution in [0.4, 0.5) is 0 Å². The van der Waals surface area contributed by atoms with Crippen LogP contribution in [-0.2, 0) is 6.42 Å². The third kappa shape index (κ3) is 2.56. The summed E-state index contributed by atoms with van der Waals surface area (Å²) >= 11 is 0. The summed E-state index contributed by atoms with van der Waals surface area (Å²) in [6.07, 6.45) is -4.13. The molecular weight excluding hydrogens is 396 g/mol. The number of benzene rings is 2. The van der Waals surface area contributed by atoms with Crippen molar-refractivity contribution in [1.82, 2.24) is 0 Å². The largest absolute Gasteiger partial charge is 0.507 e. The molecule has 158 valence electrons. The Kier molecular flexibility index (Phi) is 4.59. The predicted octanol–water partition coefficient (Wildman–Crippen LogP) is -0.0543. The van der Waals surface area contributed by atoms with Gasteiger partial charge in [-0.2, -0.15) is 0 Å². The number of phenolic OH excluding ortho intramolecular Hbond substituents is 2. The lowest BCUT2D eigenvalue weighted by atomic mass is 9.71. The Morgan fingerprint density at radius 3 is 2.43 bits per heavy atom. The third-order valence-corrected chi connectivity index (χ3v) is 5.92. The molecule has 0 fully saturated rings. The van der Waals surface area contributed by atoms with Crippen LogP contribution in [-0.4, -0.2) is 67.6 Å². The molecule has 2 aromatic rings. The summed E-state index contributed by atoms with van der Waals surface area (Å²) in [5.41, 5.74) is -3.39. The van der Waals surface area contributed by atoms with Gasteiger partial charge in [0.25, 0.3) is 0 Å². The van der Waals surface area contributed by atoms with Crippen molar-refractivity contribution < 1.29 is 45.0 Å². The van der Waals surface area contributed by atoms with Crippen LogP contribution in [0, 0.1) is 0 Å². The molecule has 0 saturated carbocycles. The molecule has 6 N–H and O–H groups in total. The number of hydrogen-bond acceptors (Lipinski definition) is 9. The van der Waals surface area contributed by atoms with Gasteiger partial charge < -0.3 is 35.4 Å². The molecule has 2 aliphatic carbocycles. The first-order valence-corrected chi connectivity index (χ1v) is 9.22. The van der Waals surface area contributed by atoms with E-state index >= 15 is 0 Å². The van der Waals surface area contributed by atoms with Crippen LogP contribution in [0.1, 0.15) is 55.5 Å². The molecule has 30 heavy (non-hydrogen) atoms. The molecule has 0 amide bonds. The lowest BCUT2D eigenvalue weighted by molar-refractivity contribution is -0.122. The van der Waals surface area contributed by atoms with E-state index in [1.807, 2.05) is 0 Å². The topological polar surface area (TPSA) is 165 Å². The molecule has 0 heterocycles. The fourth-order valence-electron chi connectivity index (χ4n) is 4.40. The van der Waals surface area contributed by atoms with Crippen molar-refractivity contribution in [2.75, 3.05) is 13.7 Å². The Hall–Kier alpha value is -2.98. The van der Waals surface area contributed by atoms with E-state index in [4.69, 9.17) is 4.74 Å². The van der Waals surface area contributed by atoms with Gasteiger partial charge in [-0.3, -0.25) is 9.59 Å². The Balaban J connectivity index is 1.99. The Morgan fingerprint density at radius 2 is 1.80 bits per heavy atom. The number of aliphatic hydroxyl groups is 4. The van der Waals surface area contributed by atoms with Gasteiger partial charge in [0.2, 0.25) is 5.78 Å². The molecule has 0 aliphatic heterocycles. The summed E-state index contributed by atoms with van der Waals surface area (Å²) in [7, 11) is 1.32. The van der Waals surface area contributed by atoms with Crippen molar-refractivity contribution in [2.45, 2.75) is 30.7 Å². The van der Waals surface area contributed by atoms with E-state index < -0.39 is 71.4 Å². The van der Waals surface area contributed by atoms with Gasteiger partial charge in [0.15, 0.2) is 5.78 Å². The molecule has 0 spiro atoms. The number of aromatic hydroxyl groups is 2. The summed E-state index contributed by atoms with van der Waals surface area (Å²) in [5, 5.41) is 62.1. The van der Waals surface area contributed by atoms with Crippen molar-refractivity contribution in [3.63, 3.8) is 0 Å². The van der Waals surface area contributed by atoms with E-state index in [-0.39, 0.29) is 28.0 Å². The van der Waals surface area contributed by atoms with Gasteiger partial charge in [-0.15, -0.1) is 0 Å². The highest BCUT2D eigenvalue weighted by Gasteiger charge is 2.48. The minimum atomic E-state index is -2.01. The van der Waals surface area contributed by atoms with Crippen molar-refractivity contribution in [2.24, 2.45) is 0 Å². The summed E-state index contributed by atoms with van der Waals surface area (Å²) in [4.78, 5) is 26.3. The molecule has 9 nitrogen and oxygen atoms in total. The van der Waals surface area contributed by atoms with Crippen molar-refractivity contribution in [3.05, 3.63) is 51.6 Å². The number of carbonyl (C=O) groups excluding carboxylic acids is 2. The normalized spacial score (nSPS) is 23.4. The smallest absolute Gasteiger partial charge is 0.202 e. The number of carbonyl (C=O) groups is 2. The second-order valence-corrected chi connectivity index (χ2v) is 7.58. The third-order valence-electron chi connectivity index (χ3n) is 5.92. The molecule has 0 bridgehead atoms. The van der Waals surface area contributed by atoms with Gasteiger partial charge in [0, 0.05) is 29.5 Å². The second-order valence-electron chi connectivity index (χ2n) is 7.58. The maximum atomic E-state index is 13.2. The number of fused-ring (bicyclic) bond motifs is 3. The van der Waals surface area contributed by atoms with E-state index in [0.717, 1.165) is 0 Å². The predicted molar refractivity (Wildman–Crippen MR) is 101 cm³/mol. The minimum Gasteiger partial charge on any atom is -0.507 e. The summed E-state index contributed by atoms with van der Waals surface area (Å²) < 4.78 is 5.17. The van der Waals surface area contributed by atoms with Gasteiger partial charge >= 0.3 is 0 Å². The first-order valence-electron chi connectivity index (χ1n) is 9.22. The number of phenols is 2. The molecule has 1 unspecified atom stereocenters. The van der Waals surface area contributed by atoms with E-state index in [0.29, 0.717) is 0 Å². The number of ether oxygens (including phenoxy) is 1. The highest BCUT2D eigenvalue weighted by molar-refractivity contribution is 6.31. The van der Waals surface area contributed by atoms with Gasteiger partial charge in [-0.05, 0) is 6.07 Å². The number of aliphatic hydroxyl groups excluding tert-OH is 3. The fourth-order valence-corrected chi connectivity index (χ4v) is 4.40. The van der Waals surface area contributed by atoms with Crippen LogP contribution in [0.3, 0.4) is 0 Å². The van der Waals surface area contributed by atoms with Crippen LogP contribution in [0.5, 0.6) is 17.2 Å². The number of methoxy groups -OCH3 is 1. The zero-order valence-corrected chi connectivity index (χ0v) is 15.9. The average Bonchev–Trinajstić information content (AvgIpc) is 2.72. The molecule has 9 heteroatoms. The number of rotatable bonds is 3. The molecule has 0 saturated heterocycles. The van der Waals surface area contributed by atoms with Gasteiger partial charge in [0.1, 0.15) is 23.4 Å². The summed E-state index contributed by atoms with van der Waals surface area (Å²) in [5.74, 6) is -2.72. The van der Waals surface area contributed by atoms with Gasteiger partial charge in [-0.25, -0.2) is 0 Å². The van der Waals surface area contributed by atoms with Gasteiger partial charge in [-0.1, -0.05) is 12.1 Å². The van der Waals surface area contributed by atoms with E-state index in [1.165, 1.54) is 25.3 Å². The van der Waals surface area contributed by atoms with E-state index in [2.05, 4.69) is 0 Å². The van der Waals surface area contributed by atoms with Crippen LogP contribution in [0.15, 0.2) is 18.2 Å². The van der Waals surface area contributed by atoms with E-state index in [9.17, 15) is 40.2 Å². The molecular formula is C21H20O9.